The van der Waals surface area contributed by atoms with Crippen LogP contribution in [0.3, 0.4) is 0 Å². The molecule has 0 radical (unpaired) electrons. The van der Waals surface area contributed by atoms with Gasteiger partial charge in [-0.2, -0.15) is 0 Å². The highest BCUT2D eigenvalue weighted by Crippen LogP contribution is 2.31. The Labute approximate surface area is 102 Å². The normalized spacial score (nSPS) is 15.2. The van der Waals surface area contributed by atoms with Crippen molar-refractivity contribution in [3.05, 3.63) is 21.3 Å². The van der Waals surface area contributed by atoms with Crippen LogP contribution in [0.25, 0.3) is 0 Å². The van der Waals surface area contributed by atoms with Crippen molar-refractivity contribution in [1.82, 2.24) is 5.32 Å². The van der Waals surface area contributed by atoms with Crippen molar-refractivity contribution in [2.75, 3.05) is 7.05 Å². The fourth-order valence-electron chi connectivity index (χ4n) is 1.90. The molecule has 1 aromatic rings. The molecule has 1 N–H and O–H groups in total. The Morgan fingerprint density at radius 3 is 2.67 bits per heavy atom. The number of halogens is 1. The number of hydrogen-bond acceptors (Lipinski definition) is 2. The first-order chi connectivity index (χ1) is 7.17. The van der Waals surface area contributed by atoms with Crippen molar-refractivity contribution in [2.24, 2.45) is 5.92 Å². The largest absolute Gasteiger partial charge is 0.312 e. The highest BCUT2D eigenvalue weighted by atomic mass is 35.5. The van der Waals surface area contributed by atoms with Gasteiger partial charge in [0.25, 0.3) is 0 Å². The Morgan fingerprint density at radius 1 is 1.47 bits per heavy atom. The molecule has 3 heteroatoms. The van der Waals surface area contributed by atoms with Crippen LogP contribution in [0.2, 0.25) is 4.34 Å². The van der Waals surface area contributed by atoms with Gasteiger partial charge in [0.15, 0.2) is 0 Å². The third kappa shape index (κ3) is 4.13. The molecule has 0 saturated carbocycles. The molecule has 2 unspecified atom stereocenters. The van der Waals surface area contributed by atoms with Crippen LogP contribution in [0.15, 0.2) is 12.1 Å². The van der Waals surface area contributed by atoms with E-state index in [-0.39, 0.29) is 0 Å². The third-order valence-electron chi connectivity index (χ3n) is 2.71. The quantitative estimate of drug-likeness (QED) is 0.779. The van der Waals surface area contributed by atoms with Crippen LogP contribution >= 0.6 is 22.9 Å². The van der Waals surface area contributed by atoms with Gasteiger partial charge in [0.05, 0.1) is 4.34 Å². The summed E-state index contributed by atoms with van der Waals surface area (Å²) in [5, 5.41) is 3.37. The molecule has 0 amide bonds. The summed E-state index contributed by atoms with van der Waals surface area (Å²) in [4.78, 5) is 1.35. The minimum atomic E-state index is 0.462. The smallest absolute Gasteiger partial charge is 0.0931 e. The van der Waals surface area contributed by atoms with E-state index in [1.807, 2.05) is 13.1 Å². The second-order valence-corrected chi connectivity index (χ2v) is 5.86. The lowest BCUT2D eigenvalue weighted by atomic mass is 9.96. The first-order valence-electron chi connectivity index (χ1n) is 5.59. The van der Waals surface area contributed by atoms with E-state index in [0.717, 1.165) is 10.3 Å². The Kier molecular flexibility index (Phi) is 5.65. The minimum absolute atomic E-state index is 0.462. The van der Waals surface area contributed by atoms with Gasteiger partial charge in [-0.05, 0) is 31.5 Å². The summed E-state index contributed by atoms with van der Waals surface area (Å²) in [6.45, 7) is 4.57. The average molecular weight is 246 g/mol. The Morgan fingerprint density at radius 2 is 2.20 bits per heavy atom. The second kappa shape index (κ2) is 6.51. The topological polar surface area (TPSA) is 12.0 Å². The maximum Gasteiger partial charge on any atom is 0.0931 e. The molecule has 1 rings (SSSR count). The van der Waals surface area contributed by atoms with Crippen LogP contribution in [0.5, 0.6) is 0 Å². The second-order valence-electron chi connectivity index (χ2n) is 4.11. The lowest BCUT2D eigenvalue weighted by Crippen LogP contribution is -2.17. The molecular weight excluding hydrogens is 226 g/mol. The summed E-state index contributed by atoms with van der Waals surface area (Å²) in [5.74, 6) is 0.772. The minimum Gasteiger partial charge on any atom is -0.312 e. The third-order valence-corrected chi connectivity index (χ3v) is 4.05. The average Bonchev–Trinajstić information content (AvgIpc) is 2.61. The van der Waals surface area contributed by atoms with E-state index in [1.54, 1.807) is 11.3 Å². The first kappa shape index (κ1) is 13.0. The summed E-state index contributed by atoms with van der Waals surface area (Å²) in [6, 6.07) is 4.58. The van der Waals surface area contributed by atoms with Gasteiger partial charge in [-0.25, -0.2) is 0 Å². The monoisotopic (exact) mass is 245 g/mol. The number of hydrogen-bond donors (Lipinski definition) is 1. The van der Waals surface area contributed by atoms with Gasteiger partial charge < -0.3 is 5.32 Å². The van der Waals surface area contributed by atoms with Gasteiger partial charge in [-0.15, -0.1) is 11.3 Å². The lowest BCUT2D eigenvalue weighted by Gasteiger charge is -2.19. The summed E-state index contributed by atoms with van der Waals surface area (Å²) in [7, 11) is 2.02. The number of nitrogens with one attached hydrogen (secondary N) is 1. The highest BCUT2D eigenvalue weighted by Gasteiger charge is 2.14. The SMILES string of the molecule is CCCC(C)CC(NC)c1ccc(Cl)s1. The van der Waals surface area contributed by atoms with Crippen LogP contribution in [-0.4, -0.2) is 7.05 Å². The maximum absolute atomic E-state index is 5.95. The van der Waals surface area contributed by atoms with E-state index < -0.39 is 0 Å². The van der Waals surface area contributed by atoms with E-state index in [2.05, 4.69) is 25.2 Å². The van der Waals surface area contributed by atoms with E-state index in [9.17, 15) is 0 Å². The molecule has 0 fully saturated rings. The van der Waals surface area contributed by atoms with Crippen molar-refractivity contribution in [2.45, 2.75) is 39.2 Å². The van der Waals surface area contributed by atoms with Crippen molar-refractivity contribution < 1.29 is 0 Å². The zero-order valence-electron chi connectivity index (χ0n) is 9.72. The van der Waals surface area contributed by atoms with Crippen molar-refractivity contribution in [3.8, 4) is 0 Å². The van der Waals surface area contributed by atoms with E-state index >= 15 is 0 Å². The molecule has 0 aliphatic heterocycles. The lowest BCUT2D eigenvalue weighted by molar-refractivity contribution is 0.410. The Balaban J connectivity index is 2.56. The first-order valence-corrected chi connectivity index (χ1v) is 6.79. The van der Waals surface area contributed by atoms with Crippen LogP contribution < -0.4 is 5.32 Å². The molecule has 15 heavy (non-hydrogen) atoms. The van der Waals surface area contributed by atoms with Crippen LogP contribution in [-0.2, 0) is 0 Å². The van der Waals surface area contributed by atoms with Crippen molar-refractivity contribution >= 4 is 22.9 Å². The molecule has 1 nitrogen and oxygen atoms in total. The van der Waals surface area contributed by atoms with E-state index in [0.29, 0.717) is 6.04 Å². The fraction of sp³-hybridized carbons (Fsp3) is 0.667. The van der Waals surface area contributed by atoms with Crippen molar-refractivity contribution in [3.63, 3.8) is 0 Å². The molecule has 2 atom stereocenters. The number of rotatable bonds is 6. The highest BCUT2D eigenvalue weighted by molar-refractivity contribution is 7.16. The molecule has 0 saturated heterocycles. The summed E-state index contributed by atoms with van der Waals surface area (Å²) in [5.41, 5.74) is 0. The molecule has 86 valence electrons. The summed E-state index contributed by atoms with van der Waals surface area (Å²) < 4.78 is 0.883. The zero-order valence-corrected chi connectivity index (χ0v) is 11.3. The molecule has 0 aliphatic rings. The van der Waals surface area contributed by atoms with Crippen LogP contribution in [0.1, 0.15) is 44.0 Å². The molecule has 0 aromatic carbocycles. The number of thiophene rings is 1. The van der Waals surface area contributed by atoms with Gasteiger partial charge in [0.2, 0.25) is 0 Å². The maximum atomic E-state index is 5.95. The van der Waals surface area contributed by atoms with Crippen LogP contribution in [0.4, 0.5) is 0 Å². The predicted octanol–water partition coefficient (Wildman–Crippen LogP) is 4.49. The predicted molar refractivity (Wildman–Crippen MR) is 69.8 cm³/mol. The standard InChI is InChI=1S/C12H20ClNS/c1-4-5-9(2)8-10(14-3)11-6-7-12(13)15-11/h6-7,9-10,14H,4-5,8H2,1-3H3. The Hall–Kier alpha value is -0.0500. The summed E-state index contributed by atoms with van der Waals surface area (Å²) >= 11 is 7.63. The van der Waals surface area contributed by atoms with E-state index in [1.165, 1.54) is 24.1 Å². The summed E-state index contributed by atoms with van der Waals surface area (Å²) in [6.07, 6.45) is 3.77. The molecular formula is C12H20ClNS. The molecule has 1 aromatic heterocycles. The molecule has 0 aliphatic carbocycles. The van der Waals surface area contributed by atoms with Gasteiger partial charge in [0.1, 0.15) is 0 Å². The van der Waals surface area contributed by atoms with E-state index in [4.69, 9.17) is 11.6 Å². The van der Waals surface area contributed by atoms with Crippen molar-refractivity contribution in [1.29, 1.82) is 0 Å². The van der Waals surface area contributed by atoms with Gasteiger partial charge in [-0.3, -0.25) is 0 Å². The zero-order chi connectivity index (χ0) is 11.3. The fourth-order valence-corrected chi connectivity index (χ4v) is 3.09. The van der Waals surface area contributed by atoms with Gasteiger partial charge in [-0.1, -0.05) is 38.3 Å². The Bertz CT molecular complexity index is 285. The molecule has 1 heterocycles. The van der Waals surface area contributed by atoms with Gasteiger partial charge >= 0.3 is 0 Å². The van der Waals surface area contributed by atoms with Gasteiger partial charge in [0, 0.05) is 10.9 Å². The molecule has 0 spiro atoms. The molecule has 0 bridgehead atoms. The van der Waals surface area contributed by atoms with Crippen LogP contribution in [0, 0.1) is 5.92 Å².